The predicted octanol–water partition coefficient (Wildman–Crippen LogP) is 3.42. The number of carbonyl (C=O) groups is 3. The van der Waals surface area contributed by atoms with Gasteiger partial charge in [-0.25, -0.2) is 18.0 Å². The van der Waals surface area contributed by atoms with Gasteiger partial charge < -0.3 is 14.8 Å². The quantitative estimate of drug-likeness (QED) is 0.311. The minimum Gasteiger partial charge on any atom is -0.467 e. The third kappa shape index (κ3) is 5.62. The highest BCUT2D eigenvalue weighted by Gasteiger charge is 2.48. The van der Waals surface area contributed by atoms with Crippen molar-refractivity contribution < 1.29 is 32.3 Å². The summed E-state index contributed by atoms with van der Waals surface area (Å²) in [5.41, 5.74) is -1.32. The van der Waals surface area contributed by atoms with Crippen LogP contribution in [0.15, 0.2) is 70.4 Å². The number of ether oxygens (including phenoxy) is 2. The molecule has 0 aliphatic carbocycles. The number of aryl methyl sites for hydroxylation is 1. The Bertz CT molecular complexity index is 1650. The number of amides is 1. The number of benzene rings is 2. The second-order valence-electron chi connectivity index (χ2n) is 9.74. The van der Waals surface area contributed by atoms with Gasteiger partial charge in [-0.1, -0.05) is 42.5 Å². The molecular formula is C28H29N3O8S. The van der Waals surface area contributed by atoms with Crippen LogP contribution < -0.4 is 15.6 Å². The average molecular weight is 568 g/mol. The molecule has 0 saturated heterocycles. The van der Waals surface area contributed by atoms with Crippen LogP contribution in [0.3, 0.4) is 0 Å². The van der Waals surface area contributed by atoms with Crippen LogP contribution in [0.4, 0.5) is 10.5 Å². The number of pyridine rings is 1. The van der Waals surface area contributed by atoms with Gasteiger partial charge in [0.2, 0.25) is 0 Å². The summed E-state index contributed by atoms with van der Waals surface area (Å²) in [6.07, 6.45) is -0.987. The highest BCUT2D eigenvalue weighted by molar-refractivity contribution is 7.92. The van der Waals surface area contributed by atoms with Gasteiger partial charge >= 0.3 is 12.1 Å². The zero-order chi connectivity index (χ0) is 29.2. The molecule has 2 heterocycles. The summed E-state index contributed by atoms with van der Waals surface area (Å²) in [5, 5.41) is 2.69. The number of esters is 1. The molecule has 0 unspecified atom stereocenters. The summed E-state index contributed by atoms with van der Waals surface area (Å²) in [5.74, 6) is -1.32. The van der Waals surface area contributed by atoms with E-state index in [4.69, 9.17) is 9.47 Å². The fourth-order valence-corrected chi connectivity index (χ4v) is 5.97. The monoisotopic (exact) mass is 567 g/mol. The third-order valence-corrected chi connectivity index (χ3v) is 8.02. The molecular weight excluding hydrogens is 538 g/mol. The minimum atomic E-state index is -4.22. The van der Waals surface area contributed by atoms with Gasteiger partial charge in [-0.3, -0.25) is 18.9 Å². The van der Waals surface area contributed by atoms with E-state index in [9.17, 15) is 27.6 Å². The SMILES string of the molecule is COC(=O)[C@@H]1C[C@@](C)(NC(=O)OCc2ccccc2)c2c(C(C)=O)cc(NS(=O)(=O)c3cccc(C)c3)c(=O)n21. The van der Waals surface area contributed by atoms with Crippen molar-refractivity contribution >= 4 is 33.6 Å². The van der Waals surface area contributed by atoms with E-state index < -0.39 is 50.7 Å². The van der Waals surface area contributed by atoms with E-state index in [0.717, 1.165) is 23.3 Å². The van der Waals surface area contributed by atoms with Gasteiger partial charge in [0.25, 0.3) is 15.6 Å². The Balaban J connectivity index is 1.78. The molecule has 1 amide bonds. The number of nitrogens with zero attached hydrogens (tertiary/aromatic N) is 1. The predicted molar refractivity (Wildman–Crippen MR) is 145 cm³/mol. The highest BCUT2D eigenvalue weighted by atomic mass is 32.2. The average Bonchev–Trinajstić information content (AvgIpc) is 3.22. The number of aromatic nitrogens is 1. The van der Waals surface area contributed by atoms with E-state index in [0.29, 0.717) is 5.56 Å². The van der Waals surface area contributed by atoms with Crippen LogP contribution in [-0.2, 0) is 36.4 Å². The molecule has 11 nitrogen and oxygen atoms in total. The van der Waals surface area contributed by atoms with Crippen molar-refractivity contribution in [2.24, 2.45) is 0 Å². The number of methoxy groups -OCH3 is 1. The Morgan fingerprint density at radius 3 is 2.40 bits per heavy atom. The van der Waals surface area contributed by atoms with Gasteiger partial charge in [-0.05, 0) is 50.1 Å². The lowest BCUT2D eigenvalue weighted by atomic mass is 9.90. The van der Waals surface area contributed by atoms with Crippen LogP contribution in [0.5, 0.6) is 0 Å². The van der Waals surface area contributed by atoms with Crippen LogP contribution in [0.2, 0.25) is 0 Å². The number of alkyl carbamates (subject to hydrolysis) is 1. The van der Waals surface area contributed by atoms with Crippen molar-refractivity contribution in [1.82, 2.24) is 9.88 Å². The molecule has 2 N–H and O–H groups in total. The first kappa shape index (κ1) is 28.6. The van der Waals surface area contributed by atoms with Crippen molar-refractivity contribution in [3.8, 4) is 0 Å². The van der Waals surface area contributed by atoms with Crippen LogP contribution >= 0.6 is 0 Å². The van der Waals surface area contributed by atoms with Gasteiger partial charge in [0.1, 0.15) is 18.3 Å². The molecule has 12 heteroatoms. The fourth-order valence-electron chi connectivity index (χ4n) is 4.82. The molecule has 1 aliphatic heterocycles. The number of nitrogens with one attached hydrogen (secondary N) is 2. The number of hydrogen-bond acceptors (Lipinski definition) is 8. The van der Waals surface area contributed by atoms with Crippen LogP contribution in [0.25, 0.3) is 0 Å². The van der Waals surface area contributed by atoms with Crippen molar-refractivity contribution in [2.75, 3.05) is 11.8 Å². The zero-order valence-electron chi connectivity index (χ0n) is 22.4. The highest BCUT2D eigenvalue weighted by Crippen LogP contribution is 2.41. The maximum atomic E-state index is 13.7. The standard InChI is InChI=1S/C28H29N3O8S/c1-17-9-8-12-20(13-17)40(36,37)30-22-14-21(18(2)32)24-28(3,15-23(26(34)38-4)31(24)25(22)33)29-27(35)39-16-19-10-6-5-7-11-19/h5-14,23,30H,15-16H2,1-4H3,(H,29,35)/t23-,28+/m0/s1. The van der Waals surface area contributed by atoms with E-state index in [-0.39, 0.29) is 29.2 Å². The summed E-state index contributed by atoms with van der Waals surface area (Å²) in [7, 11) is -3.08. The summed E-state index contributed by atoms with van der Waals surface area (Å²) >= 11 is 0. The second kappa shape index (κ2) is 11.0. The molecule has 1 aromatic heterocycles. The molecule has 0 bridgehead atoms. The number of sulfonamides is 1. The van der Waals surface area contributed by atoms with Gasteiger partial charge in [-0.15, -0.1) is 0 Å². The Kier molecular flexibility index (Phi) is 7.83. The van der Waals surface area contributed by atoms with Crippen molar-refractivity contribution in [3.63, 3.8) is 0 Å². The fraction of sp³-hybridized carbons (Fsp3) is 0.286. The number of carbonyl (C=O) groups excluding carboxylic acids is 3. The summed E-state index contributed by atoms with van der Waals surface area (Å²) in [4.78, 5) is 52.1. The van der Waals surface area contributed by atoms with Crippen LogP contribution in [0.1, 0.15) is 53.5 Å². The number of ketones is 1. The smallest absolute Gasteiger partial charge is 0.408 e. The normalized spacial score (nSPS) is 17.9. The molecule has 0 spiro atoms. The lowest BCUT2D eigenvalue weighted by molar-refractivity contribution is -0.144. The van der Waals surface area contributed by atoms with Crippen LogP contribution in [0, 0.1) is 6.92 Å². The molecule has 2 atom stereocenters. The summed E-state index contributed by atoms with van der Waals surface area (Å²) < 4.78 is 39.7. The van der Waals surface area contributed by atoms with E-state index in [1.165, 1.54) is 19.1 Å². The lowest BCUT2D eigenvalue weighted by Crippen LogP contribution is -2.44. The lowest BCUT2D eigenvalue weighted by Gasteiger charge is -2.27. The second-order valence-corrected chi connectivity index (χ2v) is 11.4. The largest absolute Gasteiger partial charge is 0.467 e. The maximum absolute atomic E-state index is 13.7. The van der Waals surface area contributed by atoms with Gasteiger partial charge in [-0.2, -0.15) is 0 Å². The summed E-state index contributed by atoms with van der Waals surface area (Å²) in [6.45, 7) is 4.47. The van der Waals surface area contributed by atoms with E-state index in [2.05, 4.69) is 10.0 Å². The van der Waals surface area contributed by atoms with Gasteiger partial charge in [0, 0.05) is 12.0 Å². The molecule has 0 radical (unpaired) electrons. The molecule has 40 heavy (non-hydrogen) atoms. The van der Waals surface area contributed by atoms with Crippen molar-refractivity contribution in [3.05, 3.63) is 93.4 Å². The molecule has 0 fully saturated rings. The van der Waals surface area contributed by atoms with E-state index in [1.54, 1.807) is 50.2 Å². The van der Waals surface area contributed by atoms with Gasteiger partial charge in [0.05, 0.1) is 23.2 Å². The first-order valence-electron chi connectivity index (χ1n) is 12.3. The van der Waals surface area contributed by atoms with Crippen LogP contribution in [-0.4, -0.2) is 37.9 Å². The van der Waals surface area contributed by atoms with E-state index >= 15 is 0 Å². The number of Topliss-reactive ketones (excluding diaryl/α,β-unsaturated/α-hetero) is 1. The van der Waals surface area contributed by atoms with Crippen molar-refractivity contribution in [2.45, 2.75) is 50.3 Å². The minimum absolute atomic E-state index is 0.0325. The molecule has 0 saturated carbocycles. The Morgan fingerprint density at radius 2 is 1.77 bits per heavy atom. The summed E-state index contributed by atoms with van der Waals surface area (Å²) in [6, 6.07) is 14.9. The molecule has 2 aromatic carbocycles. The zero-order valence-corrected chi connectivity index (χ0v) is 23.2. The first-order valence-corrected chi connectivity index (χ1v) is 13.8. The number of rotatable bonds is 8. The van der Waals surface area contributed by atoms with Gasteiger partial charge in [0.15, 0.2) is 5.78 Å². The Labute approximate surface area is 231 Å². The maximum Gasteiger partial charge on any atom is 0.408 e. The molecule has 1 aliphatic rings. The third-order valence-electron chi connectivity index (χ3n) is 6.66. The topological polar surface area (TPSA) is 150 Å². The number of anilines is 1. The molecule has 3 aromatic rings. The number of fused-ring (bicyclic) bond motifs is 1. The Morgan fingerprint density at radius 1 is 1.07 bits per heavy atom. The first-order chi connectivity index (χ1) is 18.9. The Hall–Kier alpha value is -4.45. The van der Waals surface area contributed by atoms with E-state index in [1.807, 2.05) is 6.07 Å². The molecule has 4 rings (SSSR count). The molecule has 210 valence electrons. The number of hydrogen-bond donors (Lipinski definition) is 2. The van der Waals surface area contributed by atoms with Crippen molar-refractivity contribution in [1.29, 1.82) is 0 Å².